The Morgan fingerprint density at radius 1 is 1.37 bits per heavy atom. The molecule has 0 saturated heterocycles. The van der Waals surface area contributed by atoms with Gasteiger partial charge in [0.2, 0.25) is 0 Å². The highest BCUT2D eigenvalue weighted by molar-refractivity contribution is 9.10. The number of Topliss-reactive ketones (excluding diaryl/α,β-unsaturated/α-hetero) is 1. The van der Waals surface area contributed by atoms with Gasteiger partial charge in [-0.05, 0) is 41.3 Å². The Morgan fingerprint density at radius 2 is 2.11 bits per heavy atom. The summed E-state index contributed by atoms with van der Waals surface area (Å²) >= 11 is 3.29. The van der Waals surface area contributed by atoms with Crippen LogP contribution in [0.3, 0.4) is 0 Å². The fourth-order valence-corrected chi connectivity index (χ4v) is 4.10. The second-order valence-corrected chi connectivity index (χ2v) is 8.31. The van der Waals surface area contributed by atoms with Gasteiger partial charge in [0.05, 0.1) is 5.25 Å². The van der Waals surface area contributed by atoms with Gasteiger partial charge in [0.25, 0.3) is 0 Å². The van der Waals surface area contributed by atoms with Crippen molar-refractivity contribution in [2.45, 2.75) is 30.9 Å². The summed E-state index contributed by atoms with van der Waals surface area (Å²) in [6, 6.07) is 1.74. The van der Waals surface area contributed by atoms with Gasteiger partial charge in [-0.1, -0.05) is 6.42 Å². The lowest BCUT2D eigenvalue weighted by Gasteiger charge is -2.27. The summed E-state index contributed by atoms with van der Waals surface area (Å²) in [6.07, 6.45) is 7.07. The molecule has 1 heterocycles. The van der Waals surface area contributed by atoms with E-state index in [9.17, 15) is 13.2 Å². The van der Waals surface area contributed by atoms with Crippen molar-refractivity contribution in [3.8, 4) is 0 Å². The largest absolute Gasteiger partial charge is 0.294 e. The molecule has 1 aromatic rings. The van der Waals surface area contributed by atoms with Crippen LogP contribution in [0, 0.1) is 5.92 Å². The minimum Gasteiger partial charge on any atom is -0.294 e. The Morgan fingerprint density at radius 3 is 2.74 bits per heavy atom. The molecule has 2 atom stereocenters. The first-order chi connectivity index (χ1) is 8.88. The summed E-state index contributed by atoms with van der Waals surface area (Å²) in [4.78, 5) is 16.4. The average Bonchev–Trinajstić information content (AvgIpc) is 2.37. The lowest BCUT2D eigenvalue weighted by atomic mass is 9.84. The third-order valence-corrected chi connectivity index (χ3v) is 5.66. The van der Waals surface area contributed by atoms with Gasteiger partial charge in [0, 0.05) is 34.6 Å². The molecule has 0 aromatic carbocycles. The van der Waals surface area contributed by atoms with Crippen LogP contribution in [0.2, 0.25) is 0 Å². The van der Waals surface area contributed by atoms with E-state index in [4.69, 9.17) is 0 Å². The molecule has 0 bridgehead atoms. The molecular formula is C13H16BrNO3S. The minimum atomic E-state index is -3.06. The molecule has 1 fully saturated rings. The summed E-state index contributed by atoms with van der Waals surface area (Å²) in [7, 11) is -3.06. The van der Waals surface area contributed by atoms with Crippen molar-refractivity contribution < 1.29 is 13.2 Å². The maximum Gasteiger partial charge on any atom is 0.167 e. The zero-order valence-electron chi connectivity index (χ0n) is 10.7. The highest BCUT2D eigenvalue weighted by atomic mass is 79.9. The van der Waals surface area contributed by atoms with Crippen LogP contribution < -0.4 is 0 Å². The zero-order chi connectivity index (χ0) is 14.0. The standard InChI is InChI=1S/C13H16BrNO3S/c1-19(17,18)12-4-2-3-9(6-12)13(16)10-5-11(14)8-15-7-10/h5,7-9,12H,2-4,6H2,1H3. The van der Waals surface area contributed by atoms with Crippen LogP contribution in [0.25, 0.3) is 0 Å². The Labute approximate surface area is 121 Å². The van der Waals surface area contributed by atoms with Gasteiger partial charge in [0.1, 0.15) is 9.84 Å². The molecule has 4 nitrogen and oxygen atoms in total. The number of hydrogen-bond donors (Lipinski definition) is 0. The number of ketones is 1. The molecule has 1 aromatic heterocycles. The van der Waals surface area contributed by atoms with Gasteiger partial charge < -0.3 is 0 Å². The topological polar surface area (TPSA) is 64.1 Å². The molecule has 0 spiro atoms. The van der Waals surface area contributed by atoms with E-state index >= 15 is 0 Å². The average molecular weight is 346 g/mol. The Hall–Kier alpha value is -0.750. The second-order valence-electron chi connectivity index (χ2n) is 5.07. The number of carbonyl (C=O) groups is 1. The molecule has 0 N–H and O–H groups in total. The van der Waals surface area contributed by atoms with Crippen molar-refractivity contribution >= 4 is 31.6 Å². The lowest BCUT2D eigenvalue weighted by Crippen LogP contribution is -2.31. The van der Waals surface area contributed by atoms with Gasteiger partial charge in [0.15, 0.2) is 5.78 Å². The van der Waals surface area contributed by atoms with Gasteiger partial charge in [-0.25, -0.2) is 8.42 Å². The van der Waals surface area contributed by atoms with Crippen molar-refractivity contribution in [1.82, 2.24) is 4.98 Å². The molecule has 0 aliphatic heterocycles. The molecule has 0 radical (unpaired) electrons. The third kappa shape index (κ3) is 3.63. The normalized spacial score (nSPS) is 24.1. The number of pyridine rings is 1. The van der Waals surface area contributed by atoms with Crippen molar-refractivity contribution in [2.75, 3.05) is 6.26 Å². The fourth-order valence-electron chi connectivity index (χ4n) is 2.55. The first kappa shape index (κ1) is 14.7. The lowest BCUT2D eigenvalue weighted by molar-refractivity contribution is 0.0890. The molecule has 19 heavy (non-hydrogen) atoms. The second kappa shape index (κ2) is 5.71. The van der Waals surface area contributed by atoms with E-state index < -0.39 is 9.84 Å². The van der Waals surface area contributed by atoms with E-state index in [0.717, 1.165) is 17.3 Å². The molecular weight excluding hydrogens is 330 g/mol. The number of hydrogen-bond acceptors (Lipinski definition) is 4. The van der Waals surface area contributed by atoms with E-state index in [1.807, 2.05) is 0 Å². The van der Waals surface area contributed by atoms with Crippen LogP contribution in [-0.2, 0) is 9.84 Å². The quantitative estimate of drug-likeness (QED) is 0.790. The van der Waals surface area contributed by atoms with Crippen LogP contribution in [0.5, 0.6) is 0 Å². The van der Waals surface area contributed by atoms with Crippen molar-refractivity contribution in [2.24, 2.45) is 5.92 Å². The Bertz CT molecular complexity index is 585. The van der Waals surface area contributed by atoms with Gasteiger partial charge in [-0.15, -0.1) is 0 Å². The van der Waals surface area contributed by atoms with E-state index in [1.54, 1.807) is 12.3 Å². The first-order valence-corrected chi connectivity index (χ1v) is 8.96. The fraction of sp³-hybridized carbons (Fsp3) is 0.538. The van der Waals surface area contributed by atoms with E-state index in [0.29, 0.717) is 18.4 Å². The Kier molecular flexibility index (Phi) is 4.40. The maximum atomic E-state index is 12.4. The number of rotatable bonds is 3. The number of halogens is 1. The highest BCUT2D eigenvalue weighted by Gasteiger charge is 2.32. The monoisotopic (exact) mass is 345 g/mol. The van der Waals surface area contributed by atoms with Crippen LogP contribution in [0.15, 0.2) is 22.9 Å². The molecule has 1 aliphatic carbocycles. The molecule has 1 aliphatic rings. The van der Waals surface area contributed by atoms with Crippen LogP contribution in [0.4, 0.5) is 0 Å². The maximum absolute atomic E-state index is 12.4. The van der Waals surface area contributed by atoms with Crippen LogP contribution in [0.1, 0.15) is 36.0 Å². The summed E-state index contributed by atoms with van der Waals surface area (Å²) < 4.78 is 24.0. The first-order valence-electron chi connectivity index (χ1n) is 6.21. The van der Waals surface area contributed by atoms with Crippen molar-refractivity contribution in [1.29, 1.82) is 0 Å². The molecule has 1 saturated carbocycles. The number of aromatic nitrogens is 1. The minimum absolute atomic E-state index is 0.00199. The smallest absolute Gasteiger partial charge is 0.167 e. The summed E-state index contributed by atoms with van der Waals surface area (Å²) in [6.45, 7) is 0. The van der Waals surface area contributed by atoms with Gasteiger partial charge in [-0.2, -0.15) is 0 Å². The molecule has 2 rings (SSSR count). The third-order valence-electron chi connectivity index (χ3n) is 3.59. The van der Waals surface area contributed by atoms with E-state index in [2.05, 4.69) is 20.9 Å². The predicted octanol–water partition coefficient (Wildman–Crippen LogP) is 2.63. The zero-order valence-corrected chi connectivity index (χ0v) is 13.1. The Balaban J connectivity index is 2.16. The predicted molar refractivity (Wildman–Crippen MR) is 76.9 cm³/mol. The van der Waals surface area contributed by atoms with Crippen molar-refractivity contribution in [3.63, 3.8) is 0 Å². The molecule has 104 valence electrons. The molecule has 0 amide bonds. The van der Waals surface area contributed by atoms with Crippen molar-refractivity contribution in [3.05, 3.63) is 28.5 Å². The van der Waals surface area contributed by atoms with E-state index in [1.165, 1.54) is 12.5 Å². The number of sulfone groups is 1. The van der Waals surface area contributed by atoms with E-state index in [-0.39, 0.29) is 17.0 Å². The summed E-state index contributed by atoms with van der Waals surface area (Å²) in [5, 5.41) is -0.379. The van der Waals surface area contributed by atoms with Gasteiger partial charge >= 0.3 is 0 Å². The van der Waals surface area contributed by atoms with Crippen LogP contribution in [-0.4, -0.2) is 30.7 Å². The number of carbonyl (C=O) groups excluding carboxylic acids is 1. The summed E-state index contributed by atoms with van der Waals surface area (Å²) in [5.74, 6) is -0.202. The SMILES string of the molecule is CS(=O)(=O)C1CCCC(C(=O)c2cncc(Br)c2)C1. The summed E-state index contributed by atoms with van der Waals surface area (Å²) in [5.41, 5.74) is 0.550. The highest BCUT2D eigenvalue weighted by Crippen LogP contribution is 2.31. The molecule has 2 unspecified atom stereocenters. The number of nitrogens with zero attached hydrogens (tertiary/aromatic N) is 1. The van der Waals surface area contributed by atoms with Crippen LogP contribution >= 0.6 is 15.9 Å². The molecule has 6 heteroatoms. The van der Waals surface area contributed by atoms with Gasteiger partial charge in [-0.3, -0.25) is 9.78 Å².